The van der Waals surface area contributed by atoms with Gasteiger partial charge in [-0.15, -0.1) is 22.7 Å². The number of ketones is 1. The predicted molar refractivity (Wildman–Crippen MR) is 99.5 cm³/mol. The van der Waals surface area contributed by atoms with Crippen molar-refractivity contribution in [1.29, 1.82) is 0 Å². The standard InChI is InChI=1S/C18H19N3O2S2/c1-12-4-7-24-17(12)16(23)13-3-2-5-20(10-13)15(22)9-14-11-21-6-8-25-18(21)19-14/h4,6-8,11,13H,2-3,5,9-10H2,1H3/t13-/m0/s1. The molecule has 130 valence electrons. The van der Waals surface area contributed by atoms with Crippen molar-refractivity contribution in [2.24, 2.45) is 5.92 Å². The van der Waals surface area contributed by atoms with E-state index in [2.05, 4.69) is 4.98 Å². The summed E-state index contributed by atoms with van der Waals surface area (Å²) < 4.78 is 1.94. The second-order valence-corrected chi connectivity index (χ2v) is 8.27. The van der Waals surface area contributed by atoms with Crippen LogP contribution >= 0.6 is 22.7 Å². The number of aryl methyl sites for hydroxylation is 1. The highest BCUT2D eigenvalue weighted by Gasteiger charge is 2.30. The number of carbonyl (C=O) groups is 2. The highest BCUT2D eigenvalue weighted by molar-refractivity contribution is 7.15. The van der Waals surface area contributed by atoms with Gasteiger partial charge >= 0.3 is 0 Å². The molecule has 0 N–H and O–H groups in total. The van der Waals surface area contributed by atoms with E-state index in [0.717, 1.165) is 40.5 Å². The Bertz CT molecular complexity index is 895. The molecule has 0 saturated carbocycles. The summed E-state index contributed by atoms with van der Waals surface area (Å²) in [6.45, 7) is 3.23. The van der Waals surface area contributed by atoms with Crippen molar-refractivity contribution in [3.8, 4) is 0 Å². The molecular weight excluding hydrogens is 354 g/mol. The van der Waals surface area contributed by atoms with Crippen LogP contribution in [0.25, 0.3) is 4.96 Å². The third-order valence-corrected chi connectivity index (χ3v) is 6.51. The molecule has 5 nitrogen and oxygen atoms in total. The summed E-state index contributed by atoms with van der Waals surface area (Å²) in [7, 11) is 0. The lowest BCUT2D eigenvalue weighted by Gasteiger charge is -2.32. The number of Topliss-reactive ketones (excluding diaryl/α,β-unsaturated/α-hetero) is 1. The first kappa shape index (κ1) is 16.5. The van der Waals surface area contributed by atoms with Gasteiger partial charge in [-0.1, -0.05) is 0 Å². The number of fused-ring (bicyclic) bond motifs is 1. The SMILES string of the molecule is Cc1ccsc1C(=O)[C@H]1CCCN(C(=O)Cc2cn3ccsc3n2)C1. The van der Waals surface area contributed by atoms with Crippen molar-refractivity contribution in [3.63, 3.8) is 0 Å². The largest absolute Gasteiger partial charge is 0.342 e. The number of thiophene rings is 1. The molecule has 0 radical (unpaired) electrons. The van der Waals surface area contributed by atoms with Crippen molar-refractivity contribution >= 4 is 39.3 Å². The van der Waals surface area contributed by atoms with E-state index in [9.17, 15) is 9.59 Å². The molecule has 1 aliphatic rings. The molecule has 3 aromatic rings. The summed E-state index contributed by atoms with van der Waals surface area (Å²) >= 11 is 3.06. The van der Waals surface area contributed by atoms with Crippen LogP contribution in [-0.4, -0.2) is 39.1 Å². The molecule has 0 aliphatic carbocycles. The Morgan fingerprint density at radius 1 is 1.32 bits per heavy atom. The molecule has 4 rings (SSSR count). The molecule has 1 aliphatic heterocycles. The van der Waals surface area contributed by atoms with Crippen LogP contribution in [0.2, 0.25) is 0 Å². The minimum absolute atomic E-state index is 0.0613. The van der Waals surface area contributed by atoms with Gasteiger partial charge in [-0.2, -0.15) is 0 Å². The van der Waals surface area contributed by atoms with Crippen LogP contribution in [0.3, 0.4) is 0 Å². The molecule has 0 aromatic carbocycles. The van der Waals surface area contributed by atoms with Crippen LogP contribution in [-0.2, 0) is 11.2 Å². The lowest BCUT2D eigenvalue weighted by molar-refractivity contribution is -0.131. The monoisotopic (exact) mass is 373 g/mol. The van der Waals surface area contributed by atoms with E-state index in [0.29, 0.717) is 13.0 Å². The minimum Gasteiger partial charge on any atom is -0.342 e. The highest BCUT2D eigenvalue weighted by Crippen LogP contribution is 2.26. The molecule has 7 heteroatoms. The molecule has 3 aromatic heterocycles. The number of thiazole rings is 1. The van der Waals surface area contributed by atoms with Gasteiger partial charge in [0.05, 0.1) is 17.0 Å². The Morgan fingerprint density at radius 2 is 2.20 bits per heavy atom. The Hall–Kier alpha value is -1.99. The summed E-state index contributed by atoms with van der Waals surface area (Å²) in [5, 5.41) is 3.93. The molecular formula is C18H19N3O2S2. The third-order valence-electron chi connectivity index (χ3n) is 4.71. The van der Waals surface area contributed by atoms with Crippen LogP contribution in [0, 0.1) is 12.8 Å². The number of aromatic nitrogens is 2. The van der Waals surface area contributed by atoms with Crippen molar-refractivity contribution in [3.05, 3.63) is 45.4 Å². The van der Waals surface area contributed by atoms with E-state index in [1.165, 1.54) is 11.3 Å². The zero-order chi connectivity index (χ0) is 17.4. The van der Waals surface area contributed by atoms with Gasteiger partial charge in [-0.25, -0.2) is 4.98 Å². The number of carbonyl (C=O) groups excluding carboxylic acids is 2. The summed E-state index contributed by atoms with van der Waals surface area (Å²) in [5.41, 5.74) is 1.83. The van der Waals surface area contributed by atoms with Gasteiger partial charge in [0.2, 0.25) is 5.91 Å². The first-order valence-corrected chi connectivity index (χ1v) is 10.1. The maximum absolute atomic E-state index is 12.7. The number of imidazole rings is 1. The summed E-state index contributed by atoms with van der Waals surface area (Å²) in [4.78, 5) is 33.5. The molecule has 0 spiro atoms. The number of nitrogens with zero attached hydrogens (tertiary/aromatic N) is 3. The first-order valence-electron chi connectivity index (χ1n) is 8.39. The Kier molecular flexibility index (Phi) is 4.43. The van der Waals surface area contributed by atoms with Crippen molar-refractivity contribution in [2.45, 2.75) is 26.2 Å². The lowest BCUT2D eigenvalue weighted by atomic mass is 9.92. The van der Waals surface area contributed by atoms with Gasteiger partial charge in [0.1, 0.15) is 0 Å². The van der Waals surface area contributed by atoms with Gasteiger partial charge in [0, 0.05) is 36.8 Å². The van der Waals surface area contributed by atoms with Gasteiger partial charge in [0.15, 0.2) is 10.7 Å². The quantitative estimate of drug-likeness (QED) is 0.659. The second-order valence-electron chi connectivity index (χ2n) is 6.48. The third kappa shape index (κ3) is 3.26. The van der Waals surface area contributed by atoms with Crippen molar-refractivity contribution in [1.82, 2.24) is 14.3 Å². The Morgan fingerprint density at radius 3 is 2.96 bits per heavy atom. The lowest BCUT2D eigenvalue weighted by Crippen LogP contribution is -2.43. The van der Waals surface area contributed by atoms with Crippen LogP contribution in [0.1, 0.15) is 33.8 Å². The van der Waals surface area contributed by atoms with E-state index in [4.69, 9.17) is 0 Å². The van der Waals surface area contributed by atoms with Gasteiger partial charge in [-0.3, -0.25) is 14.0 Å². The zero-order valence-corrected chi connectivity index (χ0v) is 15.6. The smallest absolute Gasteiger partial charge is 0.228 e. The fraction of sp³-hybridized carbons (Fsp3) is 0.389. The van der Waals surface area contributed by atoms with E-state index in [1.54, 1.807) is 11.3 Å². The molecule has 1 fully saturated rings. The highest BCUT2D eigenvalue weighted by atomic mass is 32.1. The maximum atomic E-state index is 12.7. The molecule has 0 bridgehead atoms. The fourth-order valence-electron chi connectivity index (χ4n) is 3.36. The van der Waals surface area contributed by atoms with Gasteiger partial charge in [0.25, 0.3) is 0 Å². The maximum Gasteiger partial charge on any atom is 0.228 e. The fourth-order valence-corrected chi connectivity index (χ4v) is 5.02. The molecule has 1 amide bonds. The van der Waals surface area contributed by atoms with Crippen molar-refractivity contribution in [2.75, 3.05) is 13.1 Å². The zero-order valence-electron chi connectivity index (χ0n) is 14.0. The minimum atomic E-state index is -0.0828. The van der Waals surface area contributed by atoms with Crippen LogP contribution < -0.4 is 0 Å². The summed E-state index contributed by atoms with van der Waals surface area (Å²) in [5.74, 6) is 0.166. The Balaban J connectivity index is 1.43. The predicted octanol–water partition coefficient (Wildman–Crippen LogP) is 3.43. The summed E-state index contributed by atoms with van der Waals surface area (Å²) in [6, 6.07) is 1.98. The normalized spacial score (nSPS) is 18.0. The molecule has 25 heavy (non-hydrogen) atoms. The number of likely N-dealkylation sites (tertiary alicyclic amines) is 1. The average Bonchev–Trinajstić information content (AvgIpc) is 3.30. The van der Waals surface area contributed by atoms with E-state index in [1.807, 2.05) is 45.4 Å². The van der Waals surface area contributed by atoms with Crippen molar-refractivity contribution < 1.29 is 9.59 Å². The number of piperidine rings is 1. The molecule has 4 heterocycles. The van der Waals surface area contributed by atoms with Gasteiger partial charge in [-0.05, 0) is 36.8 Å². The average molecular weight is 374 g/mol. The second kappa shape index (κ2) is 6.72. The Labute approximate surface area is 153 Å². The topological polar surface area (TPSA) is 54.7 Å². The van der Waals surface area contributed by atoms with E-state index >= 15 is 0 Å². The number of hydrogen-bond acceptors (Lipinski definition) is 5. The van der Waals surface area contributed by atoms with Crippen LogP contribution in [0.15, 0.2) is 29.2 Å². The summed E-state index contributed by atoms with van der Waals surface area (Å²) in [6.07, 6.45) is 5.89. The number of hydrogen-bond donors (Lipinski definition) is 0. The van der Waals surface area contributed by atoms with E-state index in [-0.39, 0.29) is 17.6 Å². The number of rotatable bonds is 4. The van der Waals surface area contributed by atoms with Gasteiger partial charge < -0.3 is 4.90 Å². The first-order chi connectivity index (χ1) is 12.1. The van der Waals surface area contributed by atoms with Crippen LogP contribution in [0.5, 0.6) is 0 Å². The molecule has 1 saturated heterocycles. The molecule has 0 unspecified atom stereocenters. The van der Waals surface area contributed by atoms with Crippen LogP contribution in [0.4, 0.5) is 0 Å². The van der Waals surface area contributed by atoms with E-state index < -0.39 is 0 Å². The molecule has 1 atom stereocenters. The number of amides is 1.